The number of morpholine rings is 1. The number of methoxy groups -OCH3 is 2. The smallest absolute Gasteiger partial charge is 0.334 e. The number of carboxylic acids is 1. The zero-order valence-electron chi connectivity index (χ0n) is 12.6. The highest BCUT2D eigenvalue weighted by Gasteiger charge is 2.28. The predicted molar refractivity (Wildman–Crippen MR) is 77.2 cm³/mol. The number of carboxylic acid groups (broad SMARTS) is 1. The Bertz CT molecular complexity index is 559. The first-order valence-electron chi connectivity index (χ1n) is 6.88. The van der Waals surface area contributed by atoms with Crippen LogP contribution >= 0.6 is 0 Å². The molecule has 2 rings (SSSR count). The second kappa shape index (κ2) is 7.13. The minimum atomic E-state index is -1.05. The summed E-state index contributed by atoms with van der Waals surface area (Å²) < 4.78 is 15.5. The number of hydrogen-bond donors (Lipinski definition) is 1. The molecule has 1 atom stereocenters. The fraction of sp³-hybridized carbons (Fsp3) is 0.467. The van der Waals surface area contributed by atoms with E-state index in [1.54, 1.807) is 25.3 Å². The van der Waals surface area contributed by atoms with E-state index in [9.17, 15) is 9.59 Å². The maximum Gasteiger partial charge on any atom is 0.334 e. The van der Waals surface area contributed by atoms with Crippen LogP contribution in [0.2, 0.25) is 0 Å². The molecule has 1 heterocycles. The van der Waals surface area contributed by atoms with Crippen LogP contribution in [0, 0.1) is 0 Å². The number of nitrogens with zero attached hydrogens (tertiary/aromatic N) is 1. The van der Waals surface area contributed by atoms with Gasteiger partial charge in [0.1, 0.15) is 0 Å². The van der Waals surface area contributed by atoms with Gasteiger partial charge in [0.25, 0.3) is 0 Å². The number of carbonyl (C=O) groups excluding carboxylic acids is 1. The van der Waals surface area contributed by atoms with E-state index in [-0.39, 0.29) is 25.5 Å². The average molecular weight is 309 g/mol. The van der Waals surface area contributed by atoms with E-state index in [0.29, 0.717) is 18.0 Å². The van der Waals surface area contributed by atoms with Crippen molar-refractivity contribution in [3.8, 4) is 11.5 Å². The fourth-order valence-electron chi connectivity index (χ4n) is 2.30. The Kier molecular flexibility index (Phi) is 5.21. The third kappa shape index (κ3) is 3.67. The van der Waals surface area contributed by atoms with E-state index in [4.69, 9.17) is 19.3 Å². The van der Waals surface area contributed by atoms with Gasteiger partial charge in [0, 0.05) is 6.54 Å². The van der Waals surface area contributed by atoms with Gasteiger partial charge in [-0.05, 0) is 17.7 Å². The minimum absolute atomic E-state index is 0.0709. The van der Waals surface area contributed by atoms with Gasteiger partial charge in [-0.15, -0.1) is 0 Å². The van der Waals surface area contributed by atoms with E-state index in [0.717, 1.165) is 5.56 Å². The van der Waals surface area contributed by atoms with Gasteiger partial charge in [-0.25, -0.2) is 4.79 Å². The first-order chi connectivity index (χ1) is 10.5. The molecule has 1 aromatic carbocycles. The Hall–Kier alpha value is -2.28. The summed E-state index contributed by atoms with van der Waals surface area (Å²) in [6.45, 7) is 0.700. The van der Waals surface area contributed by atoms with Crippen LogP contribution in [0.4, 0.5) is 0 Å². The summed E-state index contributed by atoms with van der Waals surface area (Å²) in [5.41, 5.74) is 0.779. The number of ether oxygens (including phenoxy) is 3. The zero-order valence-corrected chi connectivity index (χ0v) is 12.6. The molecule has 1 aromatic rings. The second-order valence-electron chi connectivity index (χ2n) is 4.90. The molecular formula is C15H19NO6. The van der Waals surface area contributed by atoms with Gasteiger partial charge in [0.2, 0.25) is 5.91 Å². The van der Waals surface area contributed by atoms with Crippen LogP contribution in [0.5, 0.6) is 11.5 Å². The summed E-state index contributed by atoms with van der Waals surface area (Å²) in [6.07, 6.45) is -0.782. The molecule has 22 heavy (non-hydrogen) atoms. The van der Waals surface area contributed by atoms with Crippen molar-refractivity contribution in [3.05, 3.63) is 23.8 Å². The summed E-state index contributed by atoms with van der Waals surface area (Å²) in [5.74, 6) is -0.0420. The van der Waals surface area contributed by atoms with Crippen LogP contribution in [-0.4, -0.2) is 61.9 Å². The third-order valence-corrected chi connectivity index (χ3v) is 3.50. The number of amides is 1. The molecule has 1 aliphatic heterocycles. The van der Waals surface area contributed by atoms with Gasteiger partial charge < -0.3 is 24.2 Å². The second-order valence-corrected chi connectivity index (χ2v) is 4.90. The van der Waals surface area contributed by atoms with Crippen LogP contribution in [0.1, 0.15) is 5.56 Å². The summed E-state index contributed by atoms with van der Waals surface area (Å²) >= 11 is 0. The molecule has 0 aliphatic carbocycles. The van der Waals surface area contributed by atoms with Gasteiger partial charge in [-0.1, -0.05) is 6.07 Å². The molecule has 1 amide bonds. The van der Waals surface area contributed by atoms with Crippen molar-refractivity contribution >= 4 is 11.9 Å². The molecule has 0 bridgehead atoms. The molecule has 7 nitrogen and oxygen atoms in total. The monoisotopic (exact) mass is 309 g/mol. The lowest BCUT2D eigenvalue weighted by molar-refractivity contribution is -0.159. The van der Waals surface area contributed by atoms with E-state index in [1.165, 1.54) is 12.0 Å². The van der Waals surface area contributed by atoms with Crippen LogP contribution < -0.4 is 9.47 Å². The number of rotatable bonds is 5. The highest BCUT2D eigenvalue weighted by Crippen LogP contribution is 2.27. The van der Waals surface area contributed by atoms with E-state index >= 15 is 0 Å². The minimum Gasteiger partial charge on any atom is -0.493 e. The van der Waals surface area contributed by atoms with Crippen molar-refractivity contribution in [2.45, 2.75) is 12.5 Å². The quantitative estimate of drug-likeness (QED) is 0.855. The lowest BCUT2D eigenvalue weighted by atomic mass is 10.1. The molecule has 0 saturated carbocycles. The van der Waals surface area contributed by atoms with Gasteiger partial charge in [0.15, 0.2) is 17.6 Å². The number of carbonyl (C=O) groups is 2. The molecule has 0 spiro atoms. The first-order valence-corrected chi connectivity index (χ1v) is 6.88. The van der Waals surface area contributed by atoms with Crippen LogP contribution in [0.3, 0.4) is 0 Å². The molecule has 0 radical (unpaired) electrons. The lowest BCUT2D eigenvalue weighted by Gasteiger charge is -2.31. The molecule has 1 saturated heterocycles. The first kappa shape index (κ1) is 16.1. The largest absolute Gasteiger partial charge is 0.493 e. The molecule has 1 N–H and O–H groups in total. The molecule has 1 aliphatic rings. The lowest BCUT2D eigenvalue weighted by Crippen LogP contribution is -2.49. The van der Waals surface area contributed by atoms with Gasteiger partial charge in [0.05, 0.1) is 33.8 Å². The maximum atomic E-state index is 12.3. The maximum absolute atomic E-state index is 12.3. The fourth-order valence-corrected chi connectivity index (χ4v) is 2.30. The van der Waals surface area contributed by atoms with Crippen molar-refractivity contribution in [3.63, 3.8) is 0 Å². The van der Waals surface area contributed by atoms with Crippen LogP contribution in [0.25, 0.3) is 0 Å². The molecule has 7 heteroatoms. The SMILES string of the molecule is COc1ccc(CC(=O)N2CCOC(C(=O)O)C2)cc1OC. The number of hydrogen-bond acceptors (Lipinski definition) is 5. The average Bonchev–Trinajstić information content (AvgIpc) is 2.54. The molecule has 0 aromatic heterocycles. The standard InChI is InChI=1S/C15H19NO6/c1-20-11-4-3-10(7-12(11)21-2)8-14(17)16-5-6-22-13(9-16)15(18)19/h3-4,7,13H,5-6,8-9H2,1-2H3,(H,18,19). The van der Waals surface area contributed by atoms with Crippen molar-refractivity contribution in [1.82, 2.24) is 4.90 Å². The van der Waals surface area contributed by atoms with Crippen LogP contribution in [0.15, 0.2) is 18.2 Å². The van der Waals surface area contributed by atoms with Crippen molar-refractivity contribution in [2.24, 2.45) is 0 Å². The van der Waals surface area contributed by atoms with Gasteiger partial charge in [-0.2, -0.15) is 0 Å². The normalized spacial score (nSPS) is 17.9. The highest BCUT2D eigenvalue weighted by molar-refractivity contribution is 5.80. The molecular weight excluding hydrogens is 290 g/mol. The van der Waals surface area contributed by atoms with Gasteiger partial charge >= 0.3 is 5.97 Å². The Labute approximate surface area is 128 Å². The highest BCUT2D eigenvalue weighted by atomic mass is 16.5. The number of benzene rings is 1. The summed E-state index contributed by atoms with van der Waals surface area (Å²) in [7, 11) is 3.07. The molecule has 120 valence electrons. The van der Waals surface area contributed by atoms with Gasteiger partial charge in [-0.3, -0.25) is 4.79 Å². The van der Waals surface area contributed by atoms with Crippen molar-refractivity contribution in [1.29, 1.82) is 0 Å². The number of aliphatic carboxylic acids is 1. The molecule has 1 fully saturated rings. The molecule has 1 unspecified atom stereocenters. The van der Waals surface area contributed by atoms with Crippen LogP contribution in [-0.2, 0) is 20.7 Å². The Morgan fingerprint density at radius 2 is 2.05 bits per heavy atom. The predicted octanol–water partition coefficient (Wildman–Crippen LogP) is 0.558. The summed E-state index contributed by atoms with van der Waals surface area (Å²) in [5, 5.41) is 8.96. The Morgan fingerprint density at radius 1 is 1.32 bits per heavy atom. The summed E-state index contributed by atoms with van der Waals surface area (Å²) in [6, 6.07) is 5.26. The zero-order chi connectivity index (χ0) is 16.1. The topological polar surface area (TPSA) is 85.3 Å². The van der Waals surface area contributed by atoms with E-state index < -0.39 is 12.1 Å². The summed E-state index contributed by atoms with van der Waals surface area (Å²) in [4.78, 5) is 24.7. The van der Waals surface area contributed by atoms with Crippen molar-refractivity contribution < 1.29 is 28.9 Å². The van der Waals surface area contributed by atoms with E-state index in [2.05, 4.69) is 0 Å². The third-order valence-electron chi connectivity index (χ3n) is 3.50. The van der Waals surface area contributed by atoms with Crippen molar-refractivity contribution in [2.75, 3.05) is 33.9 Å². The Balaban J connectivity index is 2.04. The van der Waals surface area contributed by atoms with E-state index in [1.807, 2.05) is 0 Å². The Morgan fingerprint density at radius 3 is 2.68 bits per heavy atom.